The largest absolute Gasteiger partial charge is 0.493 e. The second-order valence-electron chi connectivity index (χ2n) is 10.6. The molecule has 190 valence electrons. The van der Waals surface area contributed by atoms with Crippen molar-refractivity contribution in [2.24, 2.45) is 5.92 Å². The molecule has 2 aromatic carbocycles. The molecule has 5 heteroatoms. The molecule has 5 nitrogen and oxygen atoms in total. The summed E-state index contributed by atoms with van der Waals surface area (Å²) in [6.07, 6.45) is 5.56. The highest BCUT2D eigenvalue weighted by molar-refractivity contribution is 5.98. The van der Waals surface area contributed by atoms with Crippen molar-refractivity contribution in [3.8, 4) is 11.5 Å². The Bertz CT molecular complexity index is 975. The minimum absolute atomic E-state index is 0.00707. The maximum Gasteiger partial charge on any atom is 0.166 e. The first-order valence-corrected chi connectivity index (χ1v) is 13.1. The zero-order valence-corrected chi connectivity index (χ0v) is 21.8. The lowest BCUT2D eigenvalue weighted by Crippen LogP contribution is -2.47. The standard InChI is InChI=1S/C30H40O5/c1-20(2)33-25-18-27(22-9-7-6-8-10-22)35-30(19-25)15-13-23(14-16-30)29(31)24-11-12-26(34-21(3)4)28(17-24)32-5/h6-12,17,20-21,23,25,27H,13-16,18-19H2,1-5H3. The van der Waals surface area contributed by atoms with Gasteiger partial charge in [-0.2, -0.15) is 0 Å². The number of ether oxygens (including phenoxy) is 4. The summed E-state index contributed by atoms with van der Waals surface area (Å²) in [5.74, 6) is 1.44. The fourth-order valence-electron chi connectivity index (χ4n) is 5.63. The Morgan fingerprint density at radius 1 is 0.971 bits per heavy atom. The molecule has 2 aliphatic rings. The predicted molar refractivity (Wildman–Crippen MR) is 137 cm³/mol. The van der Waals surface area contributed by atoms with Crippen LogP contribution in [0.25, 0.3) is 0 Å². The number of methoxy groups -OCH3 is 1. The summed E-state index contributed by atoms with van der Waals surface area (Å²) in [6.45, 7) is 8.15. The molecule has 0 N–H and O–H groups in total. The van der Waals surface area contributed by atoms with Gasteiger partial charge < -0.3 is 18.9 Å². The van der Waals surface area contributed by atoms with E-state index in [1.54, 1.807) is 7.11 Å². The smallest absolute Gasteiger partial charge is 0.166 e. The molecule has 1 heterocycles. The van der Waals surface area contributed by atoms with E-state index in [1.165, 1.54) is 5.56 Å². The number of Topliss-reactive ketones (excluding diaryl/α,β-unsaturated/α-hetero) is 1. The van der Waals surface area contributed by atoms with E-state index in [1.807, 2.05) is 38.1 Å². The zero-order valence-electron chi connectivity index (χ0n) is 21.8. The first-order valence-electron chi connectivity index (χ1n) is 13.1. The fraction of sp³-hybridized carbons (Fsp3) is 0.567. The minimum atomic E-state index is -0.234. The maximum atomic E-state index is 13.4. The summed E-state index contributed by atoms with van der Waals surface area (Å²) >= 11 is 0. The lowest BCUT2D eigenvalue weighted by molar-refractivity contribution is -0.196. The molecule has 2 unspecified atom stereocenters. The molecule has 1 saturated carbocycles. The van der Waals surface area contributed by atoms with Crippen LogP contribution in [0.4, 0.5) is 0 Å². The van der Waals surface area contributed by atoms with Crippen LogP contribution in [0.5, 0.6) is 11.5 Å². The summed E-state index contributed by atoms with van der Waals surface area (Å²) in [5, 5.41) is 0. The molecule has 2 fully saturated rings. The molecule has 4 rings (SSSR count). The summed E-state index contributed by atoms with van der Waals surface area (Å²) in [7, 11) is 1.61. The van der Waals surface area contributed by atoms with Gasteiger partial charge in [-0.25, -0.2) is 0 Å². The third kappa shape index (κ3) is 6.25. The van der Waals surface area contributed by atoms with Gasteiger partial charge in [0.15, 0.2) is 17.3 Å². The van der Waals surface area contributed by atoms with Gasteiger partial charge in [-0.15, -0.1) is 0 Å². The lowest BCUT2D eigenvalue weighted by atomic mass is 9.72. The van der Waals surface area contributed by atoms with Crippen molar-refractivity contribution in [2.75, 3.05) is 7.11 Å². The van der Waals surface area contributed by atoms with Crippen molar-refractivity contribution in [2.45, 2.75) is 96.2 Å². The van der Waals surface area contributed by atoms with Crippen LogP contribution in [0.3, 0.4) is 0 Å². The average molecular weight is 481 g/mol. The Hall–Kier alpha value is -2.37. The van der Waals surface area contributed by atoms with Crippen LogP contribution in [0.1, 0.15) is 88.2 Å². The molecule has 0 radical (unpaired) electrons. The molecular weight excluding hydrogens is 440 g/mol. The zero-order chi connectivity index (χ0) is 25.0. The summed E-state index contributed by atoms with van der Waals surface area (Å²) < 4.78 is 24.4. The van der Waals surface area contributed by atoms with Crippen LogP contribution in [-0.4, -0.2) is 36.8 Å². The van der Waals surface area contributed by atoms with Gasteiger partial charge in [-0.05, 0) is 77.1 Å². The van der Waals surface area contributed by atoms with Crippen molar-refractivity contribution < 1.29 is 23.7 Å². The predicted octanol–water partition coefficient (Wildman–Crippen LogP) is 6.94. The number of rotatable bonds is 8. The highest BCUT2D eigenvalue weighted by Crippen LogP contribution is 2.48. The first kappa shape index (κ1) is 25.7. The van der Waals surface area contributed by atoms with Crippen molar-refractivity contribution in [3.63, 3.8) is 0 Å². The van der Waals surface area contributed by atoms with E-state index in [-0.39, 0.29) is 41.7 Å². The number of ketones is 1. The average Bonchev–Trinajstić information content (AvgIpc) is 2.84. The Balaban J connectivity index is 1.46. The van der Waals surface area contributed by atoms with Crippen LogP contribution in [0.15, 0.2) is 48.5 Å². The Morgan fingerprint density at radius 3 is 2.31 bits per heavy atom. The quantitative estimate of drug-likeness (QED) is 0.383. The van der Waals surface area contributed by atoms with Crippen molar-refractivity contribution >= 4 is 5.78 Å². The van der Waals surface area contributed by atoms with Gasteiger partial charge >= 0.3 is 0 Å². The molecule has 0 amide bonds. The topological polar surface area (TPSA) is 54.0 Å². The Labute approximate surface area is 210 Å². The molecule has 0 aromatic heterocycles. The number of hydrogen-bond acceptors (Lipinski definition) is 5. The highest BCUT2D eigenvalue weighted by atomic mass is 16.5. The molecule has 1 spiro atoms. The van der Waals surface area contributed by atoms with Crippen molar-refractivity contribution in [3.05, 3.63) is 59.7 Å². The number of carbonyl (C=O) groups is 1. The van der Waals surface area contributed by atoms with Crippen LogP contribution < -0.4 is 9.47 Å². The van der Waals surface area contributed by atoms with Crippen LogP contribution >= 0.6 is 0 Å². The number of benzene rings is 2. The van der Waals surface area contributed by atoms with Gasteiger partial charge in [-0.3, -0.25) is 4.79 Å². The minimum Gasteiger partial charge on any atom is -0.493 e. The molecule has 1 aliphatic heterocycles. The molecule has 1 saturated heterocycles. The van der Waals surface area contributed by atoms with Gasteiger partial charge in [0.1, 0.15) is 0 Å². The summed E-state index contributed by atoms with van der Waals surface area (Å²) in [6, 6.07) is 16.0. The second kappa shape index (κ2) is 11.1. The van der Waals surface area contributed by atoms with Gasteiger partial charge in [0, 0.05) is 24.3 Å². The second-order valence-corrected chi connectivity index (χ2v) is 10.6. The molecule has 0 bridgehead atoms. The molecule has 2 atom stereocenters. The normalized spacial score (nSPS) is 26.8. The SMILES string of the molecule is COc1cc(C(=O)C2CCC3(CC2)CC(OC(C)C)CC(c2ccccc2)O3)ccc1OC(C)C. The maximum absolute atomic E-state index is 13.4. The van der Waals surface area contributed by atoms with Gasteiger partial charge in [0.2, 0.25) is 0 Å². The third-order valence-corrected chi connectivity index (χ3v) is 7.18. The Morgan fingerprint density at radius 2 is 1.69 bits per heavy atom. The monoisotopic (exact) mass is 480 g/mol. The summed E-state index contributed by atoms with van der Waals surface area (Å²) in [5.41, 5.74) is 1.66. The van der Waals surface area contributed by atoms with Gasteiger partial charge in [0.25, 0.3) is 0 Å². The highest BCUT2D eigenvalue weighted by Gasteiger charge is 2.46. The van der Waals surface area contributed by atoms with Crippen molar-refractivity contribution in [1.29, 1.82) is 0 Å². The van der Waals surface area contributed by atoms with E-state index in [2.05, 4.69) is 38.1 Å². The molecule has 1 aliphatic carbocycles. The van der Waals surface area contributed by atoms with Crippen molar-refractivity contribution in [1.82, 2.24) is 0 Å². The third-order valence-electron chi connectivity index (χ3n) is 7.18. The fourth-order valence-corrected chi connectivity index (χ4v) is 5.63. The van der Waals surface area contributed by atoms with E-state index in [9.17, 15) is 4.79 Å². The van der Waals surface area contributed by atoms with Gasteiger partial charge in [0.05, 0.1) is 37.1 Å². The Kier molecular flexibility index (Phi) is 8.18. The van der Waals surface area contributed by atoms with E-state index in [0.717, 1.165) is 38.5 Å². The molecule has 35 heavy (non-hydrogen) atoms. The van der Waals surface area contributed by atoms with E-state index < -0.39 is 0 Å². The van der Waals surface area contributed by atoms with Crippen LogP contribution in [0.2, 0.25) is 0 Å². The first-order chi connectivity index (χ1) is 16.8. The lowest BCUT2D eigenvalue weighted by Gasteiger charge is -2.48. The number of carbonyl (C=O) groups excluding carboxylic acids is 1. The van der Waals surface area contributed by atoms with E-state index >= 15 is 0 Å². The van der Waals surface area contributed by atoms with E-state index in [0.29, 0.717) is 17.1 Å². The van der Waals surface area contributed by atoms with Crippen LogP contribution in [0, 0.1) is 5.92 Å². The summed E-state index contributed by atoms with van der Waals surface area (Å²) in [4.78, 5) is 13.4. The number of hydrogen-bond donors (Lipinski definition) is 0. The van der Waals surface area contributed by atoms with Gasteiger partial charge in [-0.1, -0.05) is 30.3 Å². The van der Waals surface area contributed by atoms with Crippen LogP contribution in [-0.2, 0) is 9.47 Å². The molecular formula is C30H40O5. The van der Waals surface area contributed by atoms with E-state index in [4.69, 9.17) is 18.9 Å². The molecule has 2 aromatic rings.